The minimum Gasteiger partial charge on any atom is -0.459 e. The van der Waals surface area contributed by atoms with E-state index in [9.17, 15) is 9.90 Å². The minimum absolute atomic E-state index is 0.0661. The molecule has 0 heterocycles. The summed E-state index contributed by atoms with van der Waals surface area (Å²) < 4.78 is 5.37. The number of aliphatic hydroxyl groups is 4. The first kappa shape index (κ1) is 22.1. The van der Waals surface area contributed by atoms with E-state index in [1.165, 1.54) is 6.08 Å². The Kier molecular flexibility index (Phi) is 9.87. The van der Waals surface area contributed by atoms with Gasteiger partial charge >= 0.3 is 5.97 Å². The van der Waals surface area contributed by atoms with Crippen molar-refractivity contribution >= 4 is 33.7 Å². The first-order valence-corrected chi connectivity index (χ1v) is 8.60. The topological polar surface area (TPSA) is 134 Å². The molecule has 0 spiro atoms. The van der Waals surface area contributed by atoms with Gasteiger partial charge in [0.1, 0.15) is 24.4 Å². The molecule has 4 N–H and O–H groups in total. The summed E-state index contributed by atoms with van der Waals surface area (Å²) in [5.41, 5.74) is 1.05. The van der Waals surface area contributed by atoms with Gasteiger partial charge in [-0.25, -0.2) is 4.79 Å². The molecule has 0 fully saturated rings. The molecular formula is C17H21BrN2O6. The van der Waals surface area contributed by atoms with E-state index in [-0.39, 0.29) is 18.8 Å². The number of carbonyl (C=O) groups excluding carboxylic acids is 1. The molecule has 26 heavy (non-hydrogen) atoms. The van der Waals surface area contributed by atoms with Crippen molar-refractivity contribution in [2.24, 2.45) is 0 Å². The molecule has 1 aromatic carbocycles. The van der Waals surface area contributed by atoms with Gasteiger partial charge < -0.3 is 30.1 Å². The maximum atomic E-state index is 11.9. The summed E-state index contributed by atoms with van der Waals surface area (Å²) in [6, 6.07) is 6.89. The highest BCUT2D eigenvalue weighted by Gasteiger charge is 2.14. The summed E-state index contributed by atoms with van der Waals surface area (Å²) in [6.45, 7) is -0.390. The van der Waals surface area contributed by atoms with Gasteiger partial charge in [-0.3, -0.25) is 0 Å². The second-order valence-corrected chi connectivity index (χ2v) is 6.10. The van der Waals surface area contributed by atoms with Gasteiger partial charge in [0, 0.05) is 23.2 Å². The van der Waals surface area contributed by atoms with Crippen molar-refractivity contribution < 1.29 is 30.0 Å². The van der Waals surface area contributed by atoms with E-state index in [1.807, 2.05) is 0 Å². The third kappa shape index (κ3) is 6.74. The van der Waals surface area contributed by atoms with Crippen LogP contribution in [0.4, 0.5) is 5.69 Å². The normalized spacial score (nSPS) is 12.4. The summed E-state index contributed by atoms with van der Waals surface area (Å²) >= 11 is 3.37. The lowest BCUT2D eigenvalue weighted by Gasteiger charge is -2.23. The van der Waals surface area contributed by atoms with Gasteiger partial charge in [-0.1, -0.05) is 22.0 Å². The highest BCUT2D eigenvalue weighted by molar-refractivity contribution is 9.10. The number of benzene rings is 1. The SMILES string of the molecule is N#CC(=Cc1ccc(N(CCO)CCO)cc1Br)C(=O)OCC(O)CO. The van der Waals surface area contributed by atoms with Crippen molar-refractivity contribution in [2.75, 3.05) is 44.4 Å². The van der Waals surface area contributed by atoms with Crippen LogP contribution in [-0.4, -0.2) is 72.0 Å². The van der Waals surface area contributed by atoms with Crippen molar-refractivity contribution in [3.63, 3.8) is 0 Å². The smallest absolute Gasteiger partial charge is 0.348 e. The molecule has 9 heteroatoms. The van der Waals surface area contributed by atoms with Gasteiger partial charge in [-0.15, -0.1) is 0 Å². The van der Waals surface area contributed by atoms with Crippen molar-refractivity contribution in [3.8, 4) is 6.07 Å². The van der Waals surface area contributed by atoms with Gasteiger partial charge in [0.15, 0.2) is 0 Å². The number of ether oxygens (including phenoxy) is 1. The highest BCUT2D eigenvalue weighted by Crippen LogP contribution is 2.26. The maximum absolute atomic E-state index is 11.9. The van der Waals surface area contributed by atoms with Gasteiger partial charge in [0.2, 0.25) is 0 Å². The third-order valence-electron chi connectivity index (χ3n) is 3.35. The van der Waals surface area contributed by atoms with Crippen molar-refractivity contribution in [1.82, 2.24) is 0 Å². The molecule has 0 aliphatic carbocycles. The van der Waals surface area contributed by atoms with Crippen LogP contribution in [-0.2, 0) is 9.53 Å². The van der Waals surface area contributed by atoms with Crippen LogP contribution in [0.3, 0.4) is 0 Å². The Balaban J connectivity index is 2.98. The van der Waals surface area contributed by atoms with E-state index in [0.29, 0.717) is 23.1 Å². The largest absolute Gasteiger partial charge is 0.459 e. The predicted octanol–water partition coefficient (Wildman–Crippen LogP) is 0.0435. The van der Waals surface area contributed by atoms with Crippen molar-refractivity contribution in [2.45, 2.75) is 6.10 Å². The van der Waals surface area contributed by atoms with Crippen LogP contribution < -0.4 is 4.90 Å². The fourth-order valence-corrected chi connectivity index (χ4v) is 2.52. The monoisotopic (exact) mass is 428 g/mol. The predicted molar refractivity (Wildman–Crippen MR) is 98.2 cm³/mol. The number of esters is 1. The Morgan fingerprint density at radius 2 is 1.96 bits per heavy atom. The number of carbonyl (C=O) groups is 1. The average molecular weight is 429 g/mol. The number of halogens is 1. The summed E-state index contributed by atoms with van der Waals surface area (Å²) in [6.07, 6.45) is 0.137. The number of hydrogen-bond acceptors (Lipinski definition) is 8. The Labute approximate surface area is 159 Å². The molecule has 8 nitrogen and oxygen atoms in total. The zero-order valence-electron chi connectivity index (χ0n) is 14.0. The van der Waals surface area contributed by atoms with E-state index in [0.717, 1.165) is 5.69 Å². The Bertz CT molecular complexity index is 668. The number of anilines is 1. The average Bonchev–Trinajstić information content (AvgIpc) is 2.64. The molecule has 0 amide bonds. The molecular weight excluding hydrogens is 408 g/mol. The van der Waals surface area contributed by atoms with Crippen molar-refractivity contribution in [1.29, 1.82) is 5.26 Å². The van der Waals surface area contributed by atoms with Crippen LogP contribution in [0.2, 0.25) is 0 Å². The standard InChI is InChI=1S/C17H21BrN2O6/c18-16-8-14(20(3-5-21)4-6-22)2-1-12(16)7-13(9-19)17(25)26-11-15(24)10-23/h1-2,7-8,15,21-24H,3-6,10-11H2. The lowest BCUT2D eigenvalue weighted by Crippen LogP contribution is -2.29. The fraction of sp³-hybridized carbons (Fsp3) is 0.412. The van der Waals surface area contributed by atoms with E-state index >= 15 is 0 Å². The number of nitrogens with zero attached hydrogens (tertiary/aromatic N) is 2. The van der Waals surface area contributed by atoms with E-state index in [1.54, 1.807) is 29.2 Å². The van der Waals surface area contributed by atoms with E-state index in [4.69, 9.17) is 25.3 Å². The van der Waals surface area contributed by atoms with Gasteiger partial charge in [0.25, 0.3) is 0 Å². The molecule has 1 unspecified atom stereocenters. The summed E-state index contributed by atoms with van der Waals surface area (Å²) in [5, 5.41) is 45.2. The lowest BCUT2D eigenvalue weighted by atomic mass is 10.1. The van der Waals surface area contributed by atoms with Gasteiger partial charge in [-0.2, -0.15) is 5.26 Å². The van der Waals surface area contributed by atoms with E-state index in [2.05, 4.69) is 15.9 Å². The molecule has 0 bridgehead atoms. The van der Waals surface area contributed by atoms with Gasteiger partial charge in [0.05, 0.1) is 19.8 Å². The summed E-state index contributed by atoms with van der Waals surface area (Å²) in [7, 11) is 0. The molecule has 0 saturated heterocycles. The Hall–Kier alpha value is -1.96. The molecule has 0 saturated carbocycles. The van der Waals surface area contributed by atoms with Gasteiger partial charge in [-0.05, 0) is 23.8 Å². The van der Waals surface area contributed by atoms with Crippen LogP contribution in [0, 0.1) is 11.3 Å². The van der Waals surface area contributed by atoms with E-state index < -0.39 is 25.3 Å². The Morgan fingerprint density at radius 3 is 2.46 bits per heavy atom. The maximum Gasteiger partial charge on any atom is 0.348 e. The quantitative estimate of drug-likeness (QED) is 0.233. The number of rotatable bonds is 10. The van der Waals surface area contributed by atoms with Crippen LogP contribution >= 0.6 is 15.9 Å². The van der Waals surface area contributed by atoms with Crippen LogP contribution in [0.15, 0.2) is 28.2 Å². The van der Waals surface area contributed by atoms with Crippen LogP contribution in [0.1, 0.15) is 5.56 Å². The molecule has 1 aromatic rings. The van der Waals surface area contributed by atoms with Crippen LogP contribution in [0.25, 0.3) is 6.08 Å². The molecule has 0 aromatic heterocycles. The zero-order valence-corrected chi connectivity index (χ0v) is 15.6. The number of hydrogen-bond donors (Lipinski definition) is 4. The lowest BCUT2D eigenvalue weighted by molar-refractivity contribution is -0.142. The molecule has 0 aliphatic rings. The number of aliphatic hydroxyl groups excluding tert-OH is 4. The first-order valence-electron chi connectivity index (χ1n) is 7.80. The zero-order chi connectivity index (χ0) is 19.5. The molecule has 1 atom stereocenters. The second kappa shape index (κ2) is 11.6. The van der Waals surface area contributed by atoms with Crippen LogP contribution in [0.5, 0.6) is 0 Å². The fourth-order valence-electron chi connectivity index (χ4n) is 2.04. The minimum atomic E-state index is -1.20. The Morgan fingerprint density at radius 1 is 1.31 bits per heavy atom. The highest BCUT2D eigenvalue weighted by atomic mass is 79.9. The number of nitriles is 1. The summed E-state index contributed by atoms with van der Waals surface area (Å²) in [5.74, 6) is -0.904. The third-order valence-corrected chi connectivity index (χ3v) is 4.03. The first-order chi connectivity index (χ1) is 12.5. The molecule has 0 aliphatic heterocycles. The molecule has 1 rings (SSSR count). The van der Waals surface area contributed by atoms with Crippen molar-refractivity contribution in [3.05, 3.63) is 33.8 Å². The molecule has 0 radical (unpaired) electrons. The molecule has 142 valence electrons. The second-order valence-electron chi connectivity index (χ2n) is 5.24. The summed E-state index contributed by atoms with van der Waals surface area (Å²) in [4.78, 5) is 13.7.